The molecule has 6 heteroatoms. The van der Waals surface area contributed by atoms with Crippen LogP contribution in [0, 0.1) is 19.3 Å². The first-order chi connectivity index (χ1) is 11.6. The maximum absolute atomic E-state index is 12.5. The van der Waals surface area contributed by atoms with Gasteiger partial charge in [-0.15, -0.1) is 0 Å². The average molecular weight is 326 g/mol. The van der Waals surface area contributed by atoms with Gasteiger partial charge in [0.05, 0.1) is 5.69 Å². The number of carbonyl (C=O) groups excluding carboxylic acids is 1. The minimum atomic E-state index is 0.0492. The summed E-state index contributed by atoms with van der Waals surface area (Å²) >= 11 is 0. The lowest BCUT2D eigenvalue weighted by Gasteiger charge is -2.24. The first-order valence-electron chi connectivity index (χ1n) is 8.42. The Morgan fingerprint density at radius 2 is 2.17 bits per heavy atom. The van der Waals surface area contributed by atoms with Crippen LogP contribution in [0.5, 0.6) is 0 Å². The van der Waals surface area contributed by atoms with Crippen LogP contribution in [0.4, 0.5) is 5.82 Å². The van der Waals surface area contributed by atoms with Gasteiger partial charge in [0.1, 0.15) is 11.6 Å². The molecule has 0 aromatic carbocycles. The molecule has 0 N–H and O–H groups in total. The molecule has 2 fully saturated rings. The normalized spacial score (nSPS) is 24.4. The van der Waals surface area contributed by atoms with Crippen LogP contribution in [0.2, 0.25) is 0 Å². The van der Waals surface area contributed by atoms with E-state index in [4.69, 9.17) is 4.52 Å². The predicted octanol–water partition coefficient (Wildman–Crippen LogP) is 2.32. The van der Waals surface area contributed by atoms with Gasteiger partial charge in [-0.1, -0.05) is 11.2 Å². The molecule has 2 aromatic heterocycles. The fourth-order valence-electron chi connectivity index (χ4n) is 4.01. The molecule has 0 bridgehead atoms. The zero-order valence-electron chi connectivity index (χ0n) is 14.2. The number of pyridine rings is 1. The molecule has 2 aliphatic rings. The Kier molecular flexibility index (Phi) is 3.64. The van der Waals surface area contributed by atoms with E-state index in [1.54, 1.807) is 6.20 Å². The van der Waals surface area contributed by atoms with Crippen molar-refractivity contribution in [2.24, 2.45) is 5.41 Å². The van der Waals surface area contributed by atoms with Gasteiger partial charge in [-0.2, -0.15) is 0 Å². The number of anilines is 1. The highest BCUT2D eigenvalue weighted by Crippen LogP contribution is 2.41. The fraction of sp³-hybridized carbons (Fsp3) is 0.500. The number of rotatable bonds is 3. The lowest BCUT2D eigenvalue weighted by atomic mass is 9.86. The maximum atomic E-state index is 12.5. The number of likely N-dealkylation sites (tertiary alicyclic amines) is 1. The first kappa shape index (κ1) is 15.3. The third kappa shape index (κ3) is 2.60. The molecule has 0 radical (unpaired) electrons. The van der Waals surface area contributed by atoms with Crippen LogP contribution >= 0.6 is 0 Å². The zero-order valence-corrected chi connectivity index (χ0v) is 14.2. The maximum Gasteiger partial charge on any atom is 0.228 e. The van der Waals surface area contributed by atoms with E-state index < -0.39 is 0 Å². The van der Waals surface area contributed by atoms with Gasteiger partial charge in [0, 0.05) is 43.2 Å². The van der Waals surface area contributed by atoms with Crippen molar-refractivity contribution in [2.75, 3.05) is 24.5 Å². The van der Waals surface area contributed by atoms with Crippen LogP contribution in [0.25, 0.3) is 0 Å². The molecule has 126 valence electrons. The Balaban J connectivity index is 1.47. The van der Waals surface area contributed by atoms with Crippen molar-refractivity contribution in [1.82, 2.24) is 15.0 Å². The molecule has 0 saturated carbocycles. The molecule has 1 amide bonds. The number of aryl methyl sites for hydroxylation is 2. The molecule has 4 heterocycles. The van der Waals surface area contributed by atoms with Crippen molar-refractivity contribution in [3.63, 3.8) is 0 Å². The van der Waals surface area contributed by atoms with E-state index in [-0.39, 0.29) is 11.3 Å². The van der Waals surface area contributed by atoms with Gasteiger partial charge in [-0.05, 0) is 38.9 Å². The Labute approximate surface area is 141 Å². The first-order valence-corrected chi connectivity index (χ1v) is 8.42. The molecule has 2 aromatic rings. The summed E-state index contributed by atoms with van der Waals surface area (Å²) in [7, 11) is 0. The molecule has 4 rings (SSSR count). The minimum Gasteiger partial charge on any atom is -0.361 e. The number of hydrogen-bond donors (Lipinski definition) is 0. The highest BCUT2D eigenvalue weighted by atomic mass is 16.5. The molecule has 6 nitrogen and oxygen atoms in total. The SMILES string of the molecule is Cc1noc(C)c1CN1CC[C@@]2(CC(=O)N(c3ccccn3)C2)C1. The topological polar surface area (TPSA) is 62.5 Å². The van der Waals surface area contributed by atoms with Gasteiger partial charge >= 0.3 is 0 Å². The summed E-state index contributed by atoms with van der Waals surface area (Å²) in [6, 6.07) is 5.72. The summed E-state index contributed by atoms with van der Waals surface area (Å²) in [5, 5.41) is 4.04. The summed E-state index contributed by atoms with van der Waals surface area (Å²) < 4.78 is 5.27. The average Bonchev–Trinajstić information content (AvgIpc) is 3.22. The number of carbonyl (C=O) groups is 1. The van der Waals surface area contributed by atoms with Crippen LogP contribution in [-0.4, -0.2) is 40.6 Å². The van der Waals surface area contributed by atoms with Gasteiger partial charge in [-0.25, -0.2) is 4.98 Å². The molecule has 2 saturated heterocycles. The molecule has 2 aliphatic heterocycles. The number of aromatic nitrogens is 2. The van der Waals surface area contributed by atoms with E-state index in [1.807, 2.05) is 36.9 Å². The number of nitrogens with zero attached hydrogens (tertiary/aromatic N) is 4. The molecular formula is C18H22N4O2. The van der Waals surface area contributed by atoms with Crippen LogP contribution in [0.1, 0.15) is 29.9 Å². The summed E-state index contributed by atoms with van der Waals surface area (Å²) in [4.78, 5) is 21.1. The number of hydrogen-bond acceptors (Lipinski definition) is 5. The van der Waals surface area contributed by atoms with Crippen molar-refractivity contribution in [2.45, 2.75) is 33.2 Å². The molecule has 1 spiro atoms. The van der Waals surface area contributed by atoms with Gasteiger partial charge in [0.2, 0.25) is 5.91 Å². The molecule has 0 unspecified atom stereocenters. The Morgan fingerprint density at radius 3 is 2.88 bits per heavy atom. The standard InChI is InChI=1S/C18H22N4O2/c1-13-15(14(2)24-20-13)10-21-8-6-18(11-21)9-17(23)22(12-18)16-5-3-4-7-19-16/h3-5,7H,6,8-12H2,1-2H3/t18-/m1/s1. The van der Waals surface area contributed by atoms with Crippen molar-refractivity contribution in [3.05, 3.63) is 41.4 Å². The van der Waals surface area contributed by atoms with Gasteiger partial charge in [0.15, 0.2) is 0 Å². The second-order valence-corrected chi connectivity index (χ2v) is 7.11. The van der Waals surface area contributed by atoms with Crippen molar-refractivity contribution >= 4 is 11.7 Å². The van der Waals surface area contributed by atoms with Gasteiger partial charge < -0.3 is 4.52 Å². The van der Waals surface area contributed by atoms with Gasteiger partial charge in [0.25, 0.3) is 0 Å². The summed E-state index contributed by atoms with van der Waals surface area (Å²) in [5.41, 5.74) is 2.19. The summed E-state index contributed by atoms with van der Waals surface area (Å²) in [5.74, 6) is 1.85. The van der Waals surface area contributed by atoms with E-state index in [0.29, 0.717) is 6.42 Å². The van der Waals surface area contributed by atoms with Crippen molar-refractivity contribution in [1.29, 1.82) is 0 Å². The molecule has 24 heavy (non-hydrogen) atoms. The van der Waals surface area contributed by atoms with Crippen molar-refractivity contribution in [3.8, 4) is 0 Å². The third-order valence-corrected chi connectivity index (χ3v) is 5.33. The lowest BCUT2D eigenvalue weighted by molar-refractivity contribution is -0.117. The predicted molar refractivity (Wildman–Crippen MR) is 89.5 cm³/mol. The molecule has 0 aliphatic carbocycles. The Hall–Kier alpha value is -2.21. The van der Waals surface area contributed by atoms with Gasteiger partial charge in [-0.3, -0.25) is 14.6 Å². The smallest absolute Gasteiger partial charge is 0.228 e. The van der Waals surface area contributed by atoms with E-state index in [9.17, 15) is 4.79 Å². The lowest BCUT2D eigenvalue weighted by Crippen LogP contribution is -2.31. The van der Waals surface area contributed by atoms with E-state index in [0.717, 1.165) is 49.9 Å². The fourth-order valence-corrected chi connectivity index (χ4v) is 4.01. The van der Waals surface area contributed by atoms with Crippen LogP contribution in [0.15, 0.2) is 28.9 Å². The van der Waals surface area contributed by atoms with E-state index >= 15 is 0 Å². The second kappa shape index (κ2) is 5.70. The number of amides is 1. The zero-order chi connectivity index (χ0) is 16.7. The summed E-state index contributed by atoms with van der Waals surface area (Å²) in [6.45, 7) is 7.50. The monoisotopic (exact) mass is 326 g/mol. The highest BCUT2D eigenvalue weighted by Gasteiger charge is 2.48. The summed E-state index contributed by atoms with van der Waals surface area (Å²) in [6.07, 6.45) is 3.40. The quantitative estimate of drug-likeness (QED) is 0.866. The Bertz CT molecular complexity index is 738. The Morgan fingerprint density at radius 1 is 1.29 bits per heavy atom. The van der Waals surface area contributed by atoms with E-state index in [1.165, 1.54) is 5.56 Å². The second-order valence-electron chi connectivity index (χ2n) is 7.11. The third-order valence-electron chi connectivity index (χ3n) is 5.33. The highest BCUT2D eigenvalue weighted by molar-refractivity contribution is 5.95. The van der Waals surface area contributed by atoms with E-state index in [2.05, 4.69) is 15.0 Å². The van der Waals surface area contributed by atoms with Crippen LogP contribution in [0.3, 0.4) is 0 Å². The largest absolute Gasteiger partial charge is 0.361 e. The molecular weight excluding hydrogens is 304 g/mol. The van der Waals surface area contributed by atoms with Crippen LogP contribution in [-0.2, 0) is 11.3 Å². The molecule has 1 atom stereocenters. The van der Waals surface area contributed by atoms with Crippen LogP contribution < -0.4 is 4.90 Å². The minimum absolute atomic E-state index is 0.0492. The van der Waals surface area contributed by atoms with Crippen molar-refractivity contribution < 1.29 is 9.32 Å².